The van der Waals surface area contributed by atoms with Crippen LogP contribution in [0.15, 0.2) is 24.3 Å². The van der Waals surface area contributed by atoms with Crippen molar-refractivity contribution in [1.29, 1.82) is 0 Å². The minimum absolute atomic E-state index is 0.217. The first-order valence-electron chi connectivity index (χ1n) is 9.54. The molecule has 0 unspecified atom stereocenters. The minimum Gasteiger partial charge on any atom is -0.508 e. The van der Waals surface area contributed by atoms with Crippen LogP contribution in [0.4, 0.5) is 0 Å². The van der Waals surface area contributed by atoms with Crippen LogP contribution in [0.5, 0.6) is 5.75 Å². The van der Waals surface area contributed by atoms with E-state index in [1.54, 1.807) is 6.07 Å². The third kappa shape index (κ3) is 3.05. The van der Waals surface area contributed by atoms with E-state index >= 15 is 0 Å². The smallest absolute Gasteiger partial charge is 0.222 e. The first-order chi connectivity index (χ1) is 11.5. The quantitative estimate of drug-likeness (QED) is 0.888. The molecular weight excluding hydrogens is 298 g/mol. The van der Waals surface area contributed by atoms with Crippen LogP contribution in [0.1, 0.15) is 50.5 Å². The lowest BCUT2D eigenvalue weighted by Crippen LogP contribution is -2.51. The largest absolute Gasteiger partial charge is 0.508 e. The van der Waals surface area contributed by atoms with Crippen molar-refractivity contribution in [2.24, 2.45) is 23.2 Å². The summed E-state index contributed by atoms with van der Waals surface area (Å²) in [5.74, 6) is 3.31. The third-order valence-corrected chi connectivity index (χ3v) is 6.76. The van der Waals surface area contributed by atoms with Crippen molar-refractivity contribution in [3.63, 3.8) is 0 Å². The number of phenolic OH excluding ortho intramolecular Hbond substituents is 1. The van der Waals surface area contributed by atoms with E-state index in [9.17, 15) is 9.90 Å². The Kier molecular flexibility index (Phi) is 4.06. The second-order valence-electron chi connectivity index (χ2n) is 8.80. The lowest BCUT2D eigenvalue weighted by molar-refractivity contribution is -0.135. The number of carbonyl (C=O) groups excluding carboxylic acids is 1. The highest BCUT2D eigenvalue weighted by molar-refractivity contribution is 5.76. The molecule has 3 nitrogen and oxygen atoms in total. The summed E-state index contributed by atoms with van der Waals surface area (Å²) < 4.78 is 0. The average molecular weight is 327 g/mol. The van der Waals surface area contributed by atoms with Crippen LogP contribution >= 0.6 is 0 Å². The summed E-state index contributed by atoms with van der Waals surface area (Å²) in [5, 5.41) is 9.85. The molecule has 4 saturated carbocycles. The number of rotatable bonds is 5. The summed E-state index contributed by atoms with van der Waals surface area (Å²) in [5.41, 5.74) is 1.28. The van der Waals surface area contributed by atoms with E-state index in [4.69, 9.17) is 0 Å². The first-order valence-corrected chi connectivity index (χ1v) is 9.54. The maximum atomic E-state index is 12.6. The third-order valence-electron chi connectivity index (χ3n) is 6.76. The SMILES string of the molecule is CN(CC12CC3CC(CC(C3)C1)C2)C(=O)CCc1ccccc1O. The second kappa shape index (κ2) is 6.09. The topological polar surface area (TPSA) is 40.5 Å². The predicted octanol–water partition coefficient (Wildman–Crippen LogP) is 4.00. The van der Waals surface area contributed by atoms with Crippen molar-refractivity contribution in [2.45, 2.75) is 51.4 Å². The summed E-state index contributed by atoms with van der Waals surface area (Å²) in [6, 6.07) is 7.33. The fourth-order valence-electron chi connectivity index (χ4n) is 6.23. The number of para-hydroxylation sites is 1. The molecule has 0 saturated heterocycles. The summed E-state index contributed by atoms with van der Waals surface area (Å²) >= 11 is 0. The Hall–Kier alpha value is -1.51. The molecule has 0 aromatic heterocycles. The van der Waals surface area contributed by atoms with Gasteiger partial charge in [-0.2, -0.15) is 0 Å². The number of amides is 1. The zero-order chi connectivity index (χ0) is 16.7. The molecule has 5 rings (SSSR count). The zero-order valence-electron chi connectivity index (χ0n) is 14.7. The van der Waals surface area contributed by atoms with Crippen molar-refractivity contribution >= 4 is 5.91 Å². The maximum Gasteiger partial charge on any atom is 0.222 e. The van der Waals surface area contributed by atoms with Crippen molar-refractivity contribution in [3.8, 4) is 5.75 Å². The van der Waals surface area contributed by atoms with Crippen LogP contribution in [-0.2, 0) is 11.2 Å². The molecule has 0 heterocycles. The van der Waals surface area contributed by atoms with Gasteiger partial charge in [0, 0.05) is 20.0 Å². The van der Waals surface area contributed by atoms with Crippen molar-refractivity contribution in [2.75, 3.05) is 13.6 Å². The molecule has 130 valence electrons. The molecule has 4 aliphatic carbocycles. The van der Waals surface area contributed by atoms with Gasteiger partial charge in [-0.15, -0.1) is 0 Å². The van der Waals surface area contributed by atoms with E-state index < -0.39 is 0 Å². The molecule has 0 aliphatic heterocycles. The number of hydrogen-bond donors (Lipinski definition) is 1. The fourth-order valence-corrected chi connectivity index (χ4v) is 6.23. The first kappa shape index (κ1) is 16.0. The van der Waals surface area contributed by atoms with Gasteiger partial charge in [0.1, 0.15) is 5.75 Å². The van der Waals surface area contributed by atoms with Gasteiger partial charge in [-0.25, -0.2) is 0 Å². The van der Waals surface area contributed by atoms with Crippen LogP contribution < -0.4 is 0 Å². The zero-order valence-corrected chi connectivity index (χ0v) is 14.7. The number of aromatic hydroxyl groups is 1. The van der Waals surface area contributed by atoms with Gasteiger partial charge in [-0.3, -0.25) is 4.79 Å². The van der Waals surface area contributed by atoms with Crippen molar-refractivity contribution in [1.82, 2.24) is 4.90 Å². The molecule has 24 heavy (non-hydrogen) atoms. The number of nitrogens with zero attached hydrogens (tertiary/aromatic N) is 1. The molecule has 1 aromatic carbocycles. The van der Waals surface area contributed by atoms with Gasteiger partial charge < -0.3 is 10.0 Å². The molecule has 4 fully saturated rings. The Bertz CT molecular complexity index is 589. The number of hydrogen-bond acceptors (Lipinski definition) is 2. The van der Waals surface area contributed by atoms with E-state index in [2.05, 4.69) is 0 Å². The van der Waals surface area contributed by atoms with Crippen LogP contribution in [0.25, 0.3) is 0 Å². The molecule has 1 aromatic rings. The highest BCUT2D eigenvalue weighted by Gasteiger charge is 2.51. The second-order valence-corrected chi connectivity index (χ2v) is 8.80. The average Bonchev–Trinajstić information content (AvgIpc) is 2.52. The number of carbonyl (C=O) groups is 1. The Labute approximate surface area is 145 Å². The van der Waals surface area contributed by atoms with Crippen molar-refractivity contribution < 1.29 is 9.90 Å². The normalized spacial score (nSPS) is 33.6. The minimum atomic E-state index is 0.217. The number of aryl methyl sites for hydroxylation is 1. The molecule has 0 spiro atoms. The Morgan fingerprint density at radius 3 is 2.29 bits per heavy atom. The van der Waals surface area contributed by atoms with Crippen molar-refractivity contribution in [3.05, 3.63) is 29.8 Å². The van der Waals surface area contributed by atoms with Gasteiger partial charge in [0.2, 0.25) is 5.91 Å². The van der Waals surface area contributed by atoms with Gasteiger partial charge >= 0.3 is 0 Å². The monoisotopic (exact) mass is 327 g/mol. The lowest BCUT2D eigenvalue weighted by Gasteiger charge is -2.57. The molecule has 0 atom stereocenters. The molecule has 1 amide bonds. The molecule has 1 N–H and O–H groups in total. The van der Waals surface area contributed by atoms with E-state index in [1.807, 2.05) is 30.1 Å². The molecular formula is C21H29NO2. The summed E-state index contributed by atoms with van der Waals surface area (Å²) in [4.78, 5) is 14.6. The lowest BCUT2D eigenvalue weighted by atomic mass is 9.49. The number of benzene rings is 1. The predicted molar refractivity (Wildman–Crippen MR) is 94.7 cm³/mol. The standard InChI is InChI=1S/C21H29NO2/c1-22(20(24)7-6-18-4-2-3-5-19(18)23)14-21-11-15-8-16(12-21)10-17(9-15)13-21/h2-5,15-17,23H,6-14H2,1H3. The molecule has 4 bridgehead atoms. The van der Waals surface area contributed by atoms with Crippen LogP contribution in [0.2, 0.25) is 0 Å². The summed E-state index contributed by atoms with van der Waals surface area (Å²) in [7, 11) is 1.98. The highest BCUT2D eigenvalue weighted by atomic mass is 16.3. The molecule has 3 heteroatoms. The Morgan fingerprint density at radius 2 is 1.71 bits per heavy atom. The summed E-state index contributed by atoms with van der Waals surface area (Å²) in [6.07, 6.45) is 9.48. The van der Waals surface area contributed by atoms with Gasteiger partial charge in [0.05, 0.1) is 0 Å². The van der Waals surface area contributed by atoms with E-state index in [0.29, 0.717) is 24.0 Å². The highest BCUT2D eigenvalue weighted by Crippen LogP contribution is 2.60. The van der Waals surface area contributed by atoms with Gasteiger partial charge in [-0.05, 0) is 79.7 Å². The van der Waals surface area contributed by atoms with Gasteiger partial charge in [-0.1, -0.05) is 18.2 Å². The van der Waals surface area contributed by atoms with Crippen LogP contribution in [0, 0.1) is 23.2 Å². The summed E-state index contributed by atoms with van der Waals surface area (Å²) in [6.45, 7) is 0.941. The Morgan fingerprint density at radius 1 is 1.12 bits per heavy atom. The number of phenols is 1. The van der Waals surface area contributed by atoms with Gasteiger partial charge in [0.15, 0.2) is 0 Å². The van der Waals surface area contributed by atoms with E-state index in [0.717, 1.165) is 29.9 Å². The Balaban J connectivity index is 1.35. The molecule has 4 aliphatic rings. The molecule has 0 radical (unpaired) electrons. The van der Waals surface area contributed by atoms with Gasteiger partial charge in [0.25, 0.3) is 0 Å². The van der Waals surface area contributed by atoms with E-state index in [1.165, 1.54) is 38.5 Å². The van der Waals surface area contributed by atoms with Crippen LogP contribution in [-0.4, -0.2) is 29.5 Å². The fraction of sp³-hybridized carbons (Fsp3) is 0.667. The van der Waals surface area contributed by atoms with Crippen LogP contribution in [0.3, 0.4) is 0 Å². The maximum absolute atomic E-state index is 12.6. The van der Waals surface area contributed by atoms with E-state index in [-0.39, 0.29) is 5.91 Å².